The third-order valence-electron chi connectivity index (χ3n) is 6.13. The Hall–Kier alpha value is -2.47. The number of hydrogen-bond donors (Lipinski definition) is 1. The molecule has 1 atom stereocenters. The fourth-order valence-electron chi connectivity index (χ4n) is 4.62. The quantitative estimate of drug-likeness (QED) is 0.775. The first-order valence-electron chi connectivity index (χ1n) is 11.0. The molecule has 3 aliphatic rings. The van der Waals surface area contributed by atoms with E-state index in [1.54, 1.807) is 0 Å². The minimum Gasteiger partial charge on any atom is -0.370 e. The van der Waals surface area contributed by atoms with E-state index < -0.39 is 0 Å². The highest BCUT2D eigenvalue weighted by atomic mass is 15.2. The Balaban J connectivity index is 0.000000151. The predicted octanol–water partition coefficient (Wildman–Crippen LogP) is 3.26. The van der Waals surface area contributed by atoms with Crippen LogP contribution in [-0.2, 0) is 0 Å². The lowest BCUT2D eigenvalue weighted by molar-refractivity contribution is -0.416. The first-order valence-corrected chi connectivity index (χ1v) is 11.0. The van der Waals surface area contributed by atoms with Crippen LogP contribution in [0.25, 0.3) is 0 Å². The van der Waals surface area contributed by atoms with E-state index in [1.165, 1.54) is 48.4 Å². The molecule has 6 heteroatoms. The Kier molecular flexibility index (Phi) is 5.53. The third kappa shape index (κ3) is 4.33. The SMILES string of the molecule is Cc1cc(N2CCCC(C)C2)c2c(n1)[N+](C)=C2.Cc1cncc(N2CC(C)(N)C2)c1. The molecule has 5 rings (SSSR count). The maximum atomic E-state index is 5.93. The van der Waals surface area contributed by atoms with E-state index >= 15 is 0 Å². The lowest BCUT2D eigenvalue weighted by atomic mass is 9.93. The molecule has 0 spiro atoms. The van der Waals surface area contributed by atoms with Gasteiger partial charge in [-0.25, -0.2) is 4.58 Å². The summed E-state index contributed by atoms with van der Waals surface area (Å²) in [6.07, 6.45) is 8.63. The first-order chi connectivity index (χ1) is 14.2. The van der Waals surface area contributed by atoms with Gasteiger partial charge in [0.25, 0.3) is 0 Å². The minimum absolute atomic E-state index is 0.0102. The summed E-state index contributed by atoms with van der Waals surface area (Å²) >= 11 is 0. The van der Waals surface area contributed by atoms with E-state index in [1.807, 2.05) is 12.4 Å². The normalized spacial score (nSPS) is 21.5. The van der Waals surface area contributed by atoms with E-state index in [9.17, 15) is 0 Å². The largest absolute Gasteiger partial charge is 0.370 e. The Labute approximate surface area is 180 Å². The van der Waals surface area contributed by atoms with Crippen molar-refractivity contribution in [2.24, 2.45) is 11.7 Å². The van der Waals surface area contributed by atoms with E-state index in [0.29, 0.717) is 0 Å². The van der Waals surface area contributed by atoms with Crippen molar-refractivity contribution < 1.29 is 4.58 Å². The number of piperidine rings is 1. The number of aryl methyl sites for hydroxylation is 2. The van der Waals surface area contributed by atoms with E-state index in [2.05, 4.69) is 77.4 Å². The number of fused-ring (bicyclic) bond motifs is 1. The van der Waals surface area contributed by atoms with Gasteiger partial charge in [0.1, 0.15) is 11.8 Å². The Morgan fingerprint density at radius 1 is 1.17 bits per heavy atom. The van der Waals surface area contributed by atoms with Crippen LogP contribution in [0.2, 0.25) is 0 Å². The molecule has 5 heterocycles. The number of pyridine rings is 2. The van der Waals surface area contributed by atoms with Crippen LogP contribution in [0.5, 0.6) is 0 Å². The molecule has 6 nitrogen and oxygen atoms in total. The zero-order chi connectivity index (χ0) is 21.5. The number of anilines is 2. The zero-order valence-electron chi connectivity index (χ0n) is 19.0. The van der Waals surface area contributed by atoms with Gasteiger partial charge >= 0.3 is 5.82 Å². The van der Waals surface area contributed by atoms with Crippen LogP contribution in [0.3, 0.4) is 0 Å². The summed E-state index contributed by atoms with van der Waals surface area (Å²) in [7, 11) is 2.07. The molecule has 0 amide bonds. The van der Waals surface area contributed by atoms with Crippen LogP contribution >= 0.6 is 0 Å². The lowest BCUT2D eigenvalue weighted by Crippen LogP contribution is -2.65. The highest BCUT2D eigenvalue weighted by Crippen LogP contribution is 2.34. The van der Waals surface area contributed by atoms with Crippen molar-refractivity contribution in [2.75, 3.05) is 43.0 Å². The molecule has 0 radical (unpaired) electrons. The van der Waals surface area contributed by atoms with Crippen LogP contribution in [0.1, 0.15) is 43.5 Å². The zero-order valence-corrected chi connectivity index (χ0v) is 19.0. The molecule has 0 bridgehead atoms. The van der Waals surface area contributed by atoms with Crippen LogP contribution in [-0.4, -0.2) is 59.5 Å². The topological polar surface area (TPSA) is 61.3 Å². The van der Waals surface area contributed by atoms with Gasteiger partial charge in [0, 0.05) is 50.9 Å². The van der Waals surface area contributed by atoms with E-state index in [-0.39, 0.29) is 5.54 Å². The maximum absolute atomic E-state index is 5.93. The van der Waals surface area contributed by atoms with Gasteiger partial charge in [-0.2, -0.15) is 0 Å². The van der Waals surface area contributed by atoms with Crippen molar-refractivity contribution in [3.05, 3.63) is 41.3 Å². The molecular weight excluding hydrogens is 372 g/mol. The molecule has 30 heavy (non-hydrogen) atoms. The fraction of sp³-hybridized carbons (Fsp3) is 0.542. The standard InChI is InChI=1S/C14H20N3.C10H15N3/c1-10-5-4-6-17(8-10)13-7-11(2)15-14-12(13)9-16(14)3;1-8-3-9(5-12-4-8)13-6-10(2,11)7-13/h7,9-10H,4-6,8H2,1-3H3;3-5H,6-7,11H2,1-2H3/q+1;. The fourth-order valence-corrected chi connectivity index (χ4v) is 4.62. The molecule has 2 N–H and O–H groups in total. The summed E-state index contributed by atoms with van der Waals surface area (Å²) in [5, 5.41) is 0. The summed E-state index contributed by atoms with van der Waals surface area (Å²) in [5.41, 5.74) is 12.1. The van der Waals surface area contributed by atoms with Crippen molar-refractivity contribution in [1.82, 2.24) is 9.97 Å². The predicted molar refractivity (Wildman–Crippen MR) is 124 cm³/mol. The van der Waals surface area contributed by atoms with Crippen molar-refractivity contribution in [2.45, 2.75) is 46.1 Å². The van der Waals surface area contributed by atoms with Gasteiger partial charge in [-0.05, 0) is 49.2 Å². The molecule has 0 saturated carbocycles. The molecule has 0 aromatic carbocycles. The minimum atomic E-state index is -0.0102. The summed E-state index contributed by atoms with van der Waals surface area (Å²) in [5.74, 6) is 1.95. The van der Waals surface area contributed by atoms with Gasteiger partial charge in [0.05, 0.1) is 24.6 Å². The van der Waals surface area contributed by atoms with Gasteiger partial charge in [-0.15, -0.1) is 0 Å². The van der Waals surface area contributed by atoms with Crippen LogP contribution in [0, 0.1) is 19.8 Å². The van der Waals surface area contributed by atoms with E-state index in [0.717, 1.165) is 30.5 Å². The summed E-state index contributed by atoms with van der Waals surface area (Å²) in [6.45, 7) is 12.8. The van der Waals surface area contributed by atoms with Crippen molar-refractivity contribution >= 4 is 23.4 Å². The average Bonchev–Trinajstić information content (AvgIpc) is 2.67. The summed E-state index contributed by atoms with van der Waals surface area (Å²) in [4.78, 5) is 13.5. The second-order valence-corrected chi connectivity index (χ2v) is 9.68. The van der Waals surface area contributed by atoms with Gasteiger partial charge in [-0.3, -0.25) is 4.98 Å². The second kappa shape index (κ2) is 7.99. The molecule has 160 valence electrons. The smallest absolute Gasteiger partial charge is 0.336 e. The first kappa shape index (κ1) is 20.8. The Bertz CT molecular complexity index is 956. The molecule has 0 aliphatic carbocycles. The van der Waals surface area contributed by atoms with Gasteiger partial charge < -0.3 is 15.5 Å². The maximum Gasteiger partial charge on any atom is 0.336 e. The van der Waals surface area contributed by atoms with Gasteiger partial charge in [-0.1, -0.05) is 6.92 Å². The monoisotopic (exact) mass is 407 g/mol. The summed E-state index contributed by atoms with van der Waals surface area (Å²) < 4.78 is 2.11. The molecular formula is C24H35N6+. The van der Waals surface area contributed by atoms with Crippen molar-refractivity contribution in [3.63, 3.8) is 0 Å². The van der Waals surface area contributed by atoms with Crippen LogP contribution < -0.4 is 15.5 Å². The highest BCUT2D eigenvalue weighted by Gasteiger charge is 2.35. The van der Waals surface area contributed by atoms with Gasteiger partial charge in [0.2, 0.25) is 0 Å². The molecule has 2 saturated heterocycles. The average molecular weight is 408 g/mol. The number of rotatable bonds is 2. The number of aromatic nitrogens is 2. The highest BCUT2D eigenvalue weighted by molar-refractivity contribution is 5.95. The van der Waals surface area contributed by atoms with Crippen LogP contribution in [0.4, 0.5) is 17.2 Å². The number of hydrogen-bond acceptors (Lipinski definition) is 5. The molecule has 2 fully saturated rings. The van der Waals surface area contributed by atoms with Gasteiger partial charge in [0.15, 0.2) is 5.69 Å². The van der Waals surface area contributed by atoms with Crippen molar-refractivity contribution in [1.29, 1.82) is 0 Å². The molecule has 3 aliphatic heterocycles. The Morgan fingerprint density at radius 2 is 1.93 bits per heavy atom. The Morgan fingerprint density at radius 3 is 2.57 bits per heavy atom. The third-order valence-corrected chi connectivity index (χ3v) is 6.13. The molecule has 2 aromatic heterocycles. The number of nitrogens with zero attached hydrogens (tertiary/aromatic N) is 5. The van der Waals surface area contributed by atoms with Crippen LogP contribution in [0.15, 0.2) is 24.5 Å². The van der Waals surface area contributed by atoms with Crippen molar-refractivity contribution in [3.8, 4) is 0 Å². The number of nitrogens with two attached hydrogens (primary N) is 1. The lowest BCUT2D eigenvalue weighted by Gasteiger charge is -2.46. The molecule has 2 aromatic rings. The molecule has 1 unspecified atom stereocenters. The second-order valence-electron chi connectivity index (χ2n) is 9.68. The van der Waals surface area contributed by atoms with E-state index in [4.69, 9.17) is 5.73 Å². The summed E-state index contributed by atoms with van der Waals surface area (Å²) in [6, 6.07) is 4.38.